The molecule has 6 heteroatoms. The van der Waals surface area contributed by atoms with Crippen LogP contribution < -0.4 is 5.56 Å². The first-order valence-electron chi connectivity index (χ1n) is 7.07. The molecule has 22 heavy (non-hydrogen) atoms. The molecule has 1 atom stereocenters. The largest absolute Gasteiger partial charge is 0.271 e. The Morgan fingerprint density at radius 2 is 2.05 bits per heavy atom. The lowest BCUT2D eigenvalue weighted by atomic mass is 10.0. The second-order valence-corrected chi connectivity index (χ2v) is 6.80. The molecule has 0 aliphatic carbocycles. The van der Waals surface area contributed by atoms with Crippen LogP contribution in [0, 0.1) is 11.3 Å². The molecule has 1 aromatic heterocycles. The Balaban J connectivity index is 2.15. The van der Waals surface area contributed by atoms with Crippen molar-refractivity contribution in [3.05, 3.63) is 51.3 Å². The van der Waals surface area contributed by atoms with E-state index < -0.39 is 0 Å². The lowest BCUT2D eigenvalue weighted by Crippen LogP contribution is -2.13. The Bertz CT molecular complexity index is 837. The molecule has 2 heterocycles. The monoisotopic (exact) mass is 312 g/mol. The Morgan fingerprint density at radius 1 is 1.36 bits per heavy atom. The first-order chi connectivity index (χ1) is 10.5. The Labute approximate surface area is 132 Å². The van der Waals surface area contributed by atoms with Gasteiger partial charge in [0.15, 0.2) is 5.82 Å². The van der Waals surface area contributed by atoms with Crippen LogP contribution in [-0.4, -0.2) is 14.8 Å². The molecule has 0 saturated heterocycles. The van der Waals surface area contributed by atoms with Gasteiger partial charge in [-0.3, -0.25) is 14.6 Å². The molecule has 0 spiro atoms. The highest BCUT2D eigenvalue weighted by Crippen LogP contribution is 2.43. The molecule has 1 aliphatic heterocycles. The summed E-state index contributed by atoms with van der Waals surface area (Å²) >= 11 is 1.57. The second-order valence-electron chi connectivity index (χ2n) is 5.50. The number of hydrogen-bond donors (Lipinski definition) is 1. The molecule has 0 radical (unpaired) electrons. The molecule has 1 N–H and O–H groups in total. The average Bonchev–Trinajstić information content (AvgIpc) is 2.84. The van der Waals surface area contributed by atoms with Gasteiger partial charge in [0.05, 0.1) is 27.5 Å². The fourth-order valence-electron chi connectivity index (χ4n) is 2.55. The van der Waals surface area contributed by atoms with Crippen molar-refractivity contribution >= 4 is 22.6 Å². The molecule has 3 rings (SSSR count). The quantitative estimate of drug-likeness (QED) is 0.922. The zero-order chi connectivity index (χ0) is 15.9. The third kappa shape index (κ3) is 2.38. The summed E-state index contributed by atoms with van der Waals surface area (Å²) in [5, 5.41) is 12.6. The fraction of sp³-hybridized carbons (Fsp3) is 0.312. The van der Waals surface area contributed by atoms with Crippen molar-refractivity contribution in [2.45, 2.75) is 32.1 Å². The van der Waals surface area contributed by atoms with Crippen molar-refractivity contribution < 1.29 is 0 Å². The van der Waals surface area contributed by atoms with E-state index in [0.29, 0.717) is 16.9 Å². The molecule has 0 amide bonds. The standard InChI is InChI=1S/C16H16N4OS/c1-9(2)20-15-13(16(21)19-20)14(22-10(3)18-15)12-6-4-11(8-17)5-7-12/h4-7,9,14H,1-3H3,(H,19,21)/t14-/m1/s1. The number of rotatable bonds is 2. The summed E-state index contributed by atoms with van der Waals surface area (Å²) in [5.41, 5.74) is 2.21. The van der Waals surface area contributed by atoms with Crippen LogP contribution in [0.2, 0.25) is 0 Å². The number of fused-ring (bicyclic) bond motifs is 1. The molecule has 1 aromatic carbocycles. The SMILES string of the molecule is CC1=Nc2c(c(=O)[nH]n2C(C)C)[C@@H](c2ccc(C#N)cc2)S1. The highest BCUT2D eigenvalue weighted by molar-refractivity contribution is 8.14. The summed E-state index contributed by atoms with van der Waals surface area (Å²) in [5.74, 6) is 0.714. The van der Waals surface area contributed by atoms with Gasteiger partial charge in [0.1, 0.15) is 0 Å². The van der Waals surface area contributed by atoms with E-state index in [4.69, 9.17) is 5.26 Å². The van der Waals surface area contributed by atoms with E-state index in [0.717, 1.165) is 10.6 Å². The summed E-state index contributed by atoms with van der Waals surface area (Å²) in [6, 6.07) is 9.63. The van der Waals surface area contributed by atoms with Crippen molar-refractivity contribution in [2.24, 2.45) is 4.99 Å². The van der Waals surface area contributed by atoms with Crippen LogP contribution >= 0.6 is 11.8 Å². The summed E-state index contributed by atoms with van der Waals surface area (Å²) < 4.78 is 1.82. The molecule has 0 unspecified atom stereocenters. The maximum absolute atomic E-state index is 12.4. The molecular weight excluding hydrogens is 296 g/mol. The zero-order valence-corrected chi connectivity index (χ0v) is 13.4. The van der Waals surface area contributed by atoms with Gasteiger partial charge in [0, 0.05) is 6.04 Å². The number of benzene rings is 1. The van der Waals surface area contributed by atoms with Crippen LogP contribution in [0.15, 0.2) is 34.1 Å². The van der Waals surface area contributed by atoms with Gasteiger partial charge in [0.2, 0.25) is 0 Å². The maximum Gasteiger partial charge on any atom is 0.271 e. The Hall–Kier alpha value is -2.26. The van der Waals surface area contributed by atoms with Crippen LogP contribution in [0.5, 0.6) is 0 Å². The molecular formula is C16H16N4OS. The molecule has 5 nitrogen and oxygen atoms in total. The van der Waals surface area contributed by atoms with E-state index in [9.17, 15) is 4.79 Å². The van der Waals surface area contributed by atoms with Crippen molar-refractivity contribution in [2.75, 3.05) is 0 Å². The lowest BCUT2D eigenvalue weighted by Gasteiger charge is -2.21. The summed E-state index contributed by atoms with van der Waals surface area (Å²) in [6.45, 7) is 5.98. The van der Waals surface area contributed by atoms with E-state index in [1.165, 1.54) is 0 Å². The number of nitrogens with one attached hydrogen (secondary N) is 1. The second kappa shape index (κ2) is 5.50. The number of H-pyrrole nitrogens is 1. The van der Waals surface area contributed by atoms with Crippen molar-refractivity contribution in [3.8, 4) is 6.07 Å². The third-order valence-corrected chi connectivity index (χ3v) is 4.78. The van der Waals surface area contributed by atoms with E-state index in [2.05, 4.69) is 16.2 Å². The van der Waals surface area contributed by atoms with E-state index in [1.807, 2.05) is 37.6 Å². The normalized spacial score (nSPS) is 17.0. The number of thioether (sulfide) groups is 1. The first kappa shape index (κ1) is 14.7. The number of aromatic nitrogens is 2. The maximum atomic E-state index is 12.4. The van der Waals surface area contributed by atoms with Crippen LogP contribution in [0.3, 0.4) is 0 Å². The van der Waals surface area contributed by atoms with E-state index in [-0.39, 0.29) is 16.9 Å². The fourth-order valence-corrected chi connectivity index (χ4v) is 3.65. The summed E-state index contributed by atoms with van der Waals surface area (Å²) in [4.78, 5) is 16.9. The number of aliphatic imine (C=N–C) groups is 1. The van der Waals surface area contributed by atoms with E-state index >= 15 is 0 Å². The number of nitriles is 1. The highest BCUT2D eigenvalue weighted by atomic mass is 32.2. The third-order valence-electron chi connectivity index (χ3n) is 3.61. The van der Waals surface area contributed by atoms with Crippen molar-refractivity contribution in [1.82, 2.24) is 9.78 Å². The van der Waals surface area contributed by atoms with Gasteiger partial charge in [-0.15, -0.1) is 0 Å². The molecule has 0 fully saturated rings. The topological polar surface area (TPSA) is 73.9 Å². The Kier molecular flexibility index (Phi) is 3.67. The molecule has 0 saturated carbocycles. The number of aromatic amines is 1. The minimum atomic E-state index is -0.0955. The van der Waals surface area contributed by atoms with Gasteiger partial charge in [-0.1, -0.05) is 23.9 Å². The van der Waals surface area contributed by atoms with Crippen LogP contribution in [0.25, 0.3) is 0 Å². The van der Waals surface area contributed by atoms with Gasteiger partial charge in [-0.2, -0.15) is 5.26 Å². The molecule has 112 valence electrons. The van der Waals surface area contributed by atoms with E-state index in [1.54, 1.807) is 23.9 Å². The molecule has 0 bridgehead atoms. The predicted octanol–water partition coefficient (Wildman–Crippen LogP) is 3.52. The average molecular weight is 312 g/mol. The van der Waals surface area contributed by atoms with Gasteiger partial charge in [-0.25, -0.2) is 4.99 Å². The number of nitrogens with zero attached hydrogens (tertiary/aromatic N) is 3. The summed E-state index contributed by atoms with van der Waals surface area (Å²) in [6.07, 6.45) is 0. The predicted molar refractivity (Wildman–Crippen MR) is 88.8 cm³/mol. The minimum Gasteiger partial charge on any atom is -0.268 e. The van der Waals surface area contributed by atoms with Crippen LogP contribution in [-0.2, 0) is 0 Å². The van der Waals surface area contributed by atoms with Gasteiger partial charge < -0.3 is 0 Å². The van der Waals surface area contributed by atoms with Gasteiger partial charge >= 0.3 is 0 Å². The van der Waals surface area contributed by atoms with Gasteiger partial charge in [-0.05, 0) is 38.5 Å². The lowest BCUT2D eigenvalue weighted by molar-refractivity contribution is 0.533. The smallest absolute Gasteiger partial charge is 0.268 e. The first-order valence-corrected chi connectivity index (χ1v) is 7.95. The van der Waals surface area contributed by atoms with Crippen LogP contribution in [0.1, 0.15) is 48.8 Å². The molecule has 2 aromatic rings. The van der Waals surface area contributed by atoms with Gasteiger partial charge in [0.25, 0.3) is 5.56 Å². The van der Waals surface area contributed by atoms with Crippen molar-refractivity contribution in [1.29, 1.82) is 5.26 Å². The molecule has 1 aliphatic rings. The summed E-state index contributed by atoms with van der Waals surface area (Å²) in [7, 11) is 0. The Morgan fingerprint density at radius 3 is 2.64 bits per heavy atom. The highest BCUT2D eigenvalue weighted by Gasteiger charge is 2.30. The number of hydrogen-bond acceptors (Lipinski definition) is 4. The van der Waals surface area contributed by atoms with Crippen molar-refractivity contribution in [3.63, 3.8) is 0 Å². The zero-order valence-electron chi connectivity index (χ0n) is 12.6. The van der Waals surface area contributed by atoms with Crippen LogP contribution in [0.4, 0.5) is 5.82 Å². The minimum absolute atomic E-state index is 0.0935.